The van der Waals surface area contributed by atoms with Gasteiger partial charge in [-0.25, -0.2) is 0 Å². The van der Waals surface area contributed by atoms with Crippen molar-refractivity contribution in [1.82, 2.24) is 0 Å². The number of rotatable bonds is 4. The molecule has 1 fully saturated rings. The Kier molecular flexibility index (Phi) is 2.49. The van der Waals surface area contributed by atoms with Crippen LogP contribution in [0.5, 0.6) is 0 Å². The third-order valence-corrected chi connectivity index (χ3v) is 1.38. The van der Waals surface area contributed by atoms with Crippen LogP contribution in [-0.2, 0) is 9.47 Å². The lowest BCUT2D eigenvalue weighted by Crippen LogP contribution is -2.10. The standard InChI is InChI=1S/C7H13O2/c1-3-6(2)8-4-7-5-9-7/h6-7H,1,3-5H2,2H3. The van der Waals surface area contributed by atoms with Crippen LogP contribution in [0.3, 0.4) is 0 Å². The molecule has 53 valence electrons. The van der Waals surface area contributed by atoms with Crippen molar-refractivity contribution in [3.05, 3.63) is 6.92 Å². The summed E-state index contributed by atoms with van der Waals surface area (Å²) in [7, 11) is 0. The SMILES string of the molecule is [CH2]CC(C)OCC1CO1. The molecule has 1 rings (SSSR count). The molecule has 0 aromatic carbocycles. The van der Waals surface area contributed by atoms with Gasteiger partial charge in [0, 0.05) is 0 Å². The third kappa shape index (κ3) is 2.82. The second-order valence-electron chi connectivity index (χ2n) is 2.39. The lowest BCUT2D eigenvalue weighted by Gasteiger charge is -2.07. The van der Waals surface area contributed by atoms with Crippen molar-refractivity contribution in [2.24, 2.45) is 0 Å². The van der Waals surface area contributed by atoms with Gasteiger partial charge in [-0.1, -0.05) is 6.92 Å². The minimum Gasteiger partial charge on any atom is -0.376 e. The molecule has 1 aliphatic heterocycles. The minimum absolute atomic E-state index is 0.286. The molecule has 1 radical (unpaired) electrons. The number of epoxide rings is 1. The van der Waals surface area contributed by atoms with Gasteiger partial charge in [0.15, 0.2) is 0 Å². The molecular formula is C7H13O2. The summed E-state index contributed by atoms with van der Waals surface area (Å²) < 4.78 is 10.3. The van der Waals surface area contributed by atoms with E-state index in [9.17, 15) is 0 Å². The number of hydrogen-bond acceptors (Lipinski definition) is 2. The third-order valence-electron chi connectivity index (χ3n) is 1.38. The van der Waals surface area contributed by atoms with Gasteiger partial charge < -0.3 is 9.47 Å². The van der Waals surface area contributed by atoms with E-state index in [-0.39, 0.29) is 6.10 Å². The second-order valence-corrected chi connectivity index (χ2v) is 2.39. The zero-order valence-electron chi connectivity index (χ0n) is 5.80. The normalized spacial score (nSPS) is 28.0. The first kappa shape index (κ1) is 7.03. The largest absolute Gasteiger partial charge is 0.376 e. The van der Waals surface area contributed by atoms with Crippen LogP contribution in [0.2, 0.25) is 0 Å². The van der Waals surface area contributed by atoms with Gasteiger partial charge in [-0.05, 0) is 13.3 Å². The quantitative estimate of drug-likeness (QED) is 0.528. The van der Waals surface area contributed by atoms with E-state index in [0.29, 0.717) is 6.10 Å². The van der Waals surface area contributed by atoms with E-state index in [1.54, 1.807) is 0 Å². The van der Waals surface area contributed by atoms with Crippen LogP contribution in [0.1, 0.15) is 13.3 Å². The summed E-state index contributed by atoms with van der Waals surface area (Å²) in [5.41, 5.74) is 0. The molecule has 0 aromatic heterocycles. The van der Waals surface area contributed by atoms with Crippen molar-refractivity contribution in [2.75, 3.05) is 13.2 Å². The fraction of sp³-hybridized carbons (Fsp3) is 0.857. The lowest BCUT2D eigenvalue weighted by molar-refractivity contribution is 0.0560. The first-order valence-electron chi connectivity index (χ1n) is 3.35. The van der Waals surface area contributed by atoms with Gasteiger partial charge in [-0.3, -0.25) is 0 Å². The van der Waals surface area contributed by atoms with Crippen LogP contribution in [0.25, 0.3) is 0 Å². The van der Waals surface area contributed by atoms with Crippen molar-refractivity contribution in [3.63, 3.8) is 0 Å². The van der Waals surface area contributed by atoms with Crippen molar-refractivity contribution in [1.29, 1.82) is 0 Å². The molecular weight excluding hydrogens is 116 g/mol. The number of hydrogen-bond donors (Lipinski definition) is 0. The van der Waals surface area contributed by atoms with Crippen molar-refractivity contribution >= 4 is 0 Å². The molecule has 1 heterocycles. The van der Waals surface area contributed by atoms with Gasteiger partial charge in [0.05, 0.1) is 19.3 Å². The molecule has 0 spiro atoms. The summed E-state index contributed by atoms with van der Waals surface area (Å²) in [6, 6.07) is 0. The van der Waals surface area contributed by atoms with Crippen molar-refractivity contribution < 1.29 is 9.47 Å². The van der Waals surface area contributed by atoms with E-state index >= 15 is 0 Å². The van der Waals surface area contributed by atoms with Crippen LogP contribution < -0.4 is 0 Å². The lowest BCUT2D eigenvalue weighted by atomic mass is 10.3. The Bertz CT molecular complexity index is 79.0. The molecule has 1 saturated heterocycles. The van der Waals surface area contributed by atoms with Crippen LogP contribution >= 0.6 is 0 Å². The van der Waals surface area contributed by atoms with Gasteiger partial charge in [-0.2, -0.15) is 0 Å². The maximum Gasteiger partial charge on any atom is 0.104 e. The molecule has 2 heteroatoms. The zero-order chi connectivity index (χ0) is 6.69. The molecule has 9 heavy (non-hydrogen) atoms. The zero-order valence-corrected chi connectivity index (χ0v) is 5.80. The van der Waals surface area contributed by atoms with E-state index in [0.717, 1.165) is 19.6 Å². The smallest absolute Gasteiger partial charge is 0.104 e. The van der Waals surface area contributed by atoms with E-state index in [4.69, 9.17) is 9.47 Å². The van der Waals surface area contributed by atoms with Gasteiger partial charge in [-0.15, -0.1) is 0 Å². The van der Waals surface area contributed by atoms with Crippen LogP contribution in [0.4, 0.5) is 0 Å². The molecule has 0 aliphatic carbocycles. The van der Waals surface area contributed by atoms with Gasteiger partial charge >= 0.3 is 0 Å². The molecule has 2 nitrogen and oxygen atoms in total. The Morgan fingerprint density at radius 1 is 1.89 bits per heavy atom. The molecule has 0 aromatic rings. The van der Waals surface area contributed by atoms with Crippen LogP contribution in [0.15, 0.2) is 0 Å². The Labute approximate surface area is 56.2 Å². The summed E-state index contributed by atoms with van der Waals surface area (Å²) in [4.78, 5) is 0. The predicted molar refractivity (Wildman–Crippen MR) is 35.1 cm³/mol. The van der Waals surface area contributed by atoms with Gasteiger partial charge in [0.25, 0.3) is 0 Å². The van der Waals surface area contributed by atoms with E-state index in [1.807, 2.05) is 6.92 Å². The highest BCUT2D eigenvalue weighted by Gasteiger charge is 2.22. The van der Waals surface area contributed by atoms with Crippen LogP contribution in [0, 0.1) is 6.92 Å². The Balaban J connectivity index is 1.90. The van der Waals surface area contributed by atoms with E-state index in [1.165, 1.54) is 0 Å². The first-order chi connectivity index (χ1) is 4.33. The van der Waals surface area contributed by atoms with Crippen LogP contribution in [-0.4, -0.2) is 25.4 Å². The molecule has 1 aliphatic rings. The predicted octanol–water partition coefficient (Wildman–Crippen LogP) is 1.01. The summed E-state index contributed by atoms with van der Waals surface area (Å²) in [6.07, 6.45) is 1.51. The second kappa shape index (κ2) is 3.18. The Morgan fingerprint density at radius 2 is 2.56 bits per heavy atom. The highest BCUT2D eigenvalue weighted by molar-refractivity contribution is 4.68. The Hall–Kier alpha value is -0.0800. The molecule has 2 atom stereocenters. The molecule has 0 saturated carbocycles. The molecule has 2 unspecified atom stereocenters. The van der Waals surface area contributed by atoms with Gasteiger partial charge in [0.2, 0.25) is 0 Å². The van der Waals surface area contributed by atoms with Crippen molar-refractivity contribution in [3.8, 4) is 0 Å². The highest BCUT2D eigenvalue weighted by Crippen LogP contribution is 2.10. The fourth-order valence-corrected chi connectivity index (χ4v) is 0.519. The van der Waals surface area contributed by atoms with E-state index < -0.39 is 0 Å². The first-order valence-corrected chi connectivity index (χ1v) is 3.35. The fourth-order valence-electron chi connectivity index (χ4n) is 0.519. The maximum absolute atomic E-state index is 5.33. The molecule has 0 amide bonds. The molecule has 0 N–H and O–H groups in total. The summed E-state index contributed by atoms with van der Waals surface area (Å²) >= 11 is 0. The number of ether oxygens (including phenoxy) is 2. The minimum atomic E-state index is 0.286. The van der Waals surface area contributed by atoms with Crippen molar-refractivity contribution in [2.45, 2.75) is 25.6 Å². The Morgan fingerprint density at radius 3 is 3.00 bits per heavy atom. The van der Waals surface area contributed by atoms with Gasteiger partial charge in [0.1, 0.15) is 6.10 Å². The summed E-state index contributed by atoms with van der Waals surface area (Å²) in [6.45, 7) is 7.37. The topological polar surface area (TPSA) is 21.8 Å². The monoisotopic (exact) mass is 129 g/mol. The summed E-state index contributed by atoms with van der Waals surface area (Å²) in [5, 5.41) is 0. The average molecular weight is 129 g/mol. The molecule has 0 bridgehead atoms. The average Bonchev–Trinajstić information content (AvgIpc) is 2.65. The summed E-state index contributed by atoms with van der Waals surface area (Å²) in [5.74, 6) is 0. The van der Waals surface area contributed by atoms with E-state index in [2.05, 4.69) is 6.92 Å². The maximum atomic E-state index is 5.33. The highest BCUT2D eigenvalue weighted by atomic mass is 16.6.